The first-order chi connectivity index (χ1) is 9.27. The van der Waals surface area contributed by atoms with E-state index in [0.717, 1.165) is 30.8 Å². The summed E-state index contributed by atoms with van der Waals surface area (Å²) in [4.78, 5) is 12.2. The number of carbonyl (C=O) groups excluding carboxylic acids is 1. The molecular formula is C14H20N2O2S. The van der Waals surface area contributed by atoms with E-state index in [-0.39, 0.29) is 5.91 Å². The summed E-state index contributed by atoms with van der Waals surface area (Å²) in [6.07, 6.45) is 0.848. The molecule has 0 aliphatic carbocycles. The molecule has 1 amide bonds. The summed E-state index contributed by atoms with van der Waals surface area (Å²) in [5, 5.41) is 5.00. The van der Waals surface area contributed by atoms with Crippen LogP contribution < -0.4 is 5.32 Å². The number of carbonyl (C=O) groups is 1. The maximum Gasteiger partial charge on any atom is 0.267 e. The maximum atomic E-state index is 12.2. The van der Waals surface area contributed by atoms with E-state index in [2.05, 4.69) is 28.3 Å². The van der Waals surface area contributed by atoms with Crippen molar-refractivity contribution in [2.24, 2.45) is 0 Å². The van der Waals surface area contributed by atoms with Gasteiger partial charge in [0.15, 0.2) is 0 Å². The summed E-state index contributed by atoms with van der Waals surface area (Å²) < 4.78 is 8.47. The molecule has 1 N–H and O–H groups in total. The number of rotatable bonds is 7. The molecule has 19 heavy (non-hydrogen) atoms. The zero-order chi connectivity index (χ0) is 13.7. The van der Waals surface area contributed by atoms with Gasteiger partial charge in [-0.2, -0.15) is 0 Å². The highest BCUT2D eigenvalue weighted by atomic mass is 32.1. The lowest BCUT2D eigenvalue weighted by Crippen LogP contribution is -2.27. The SMILES string of the molecule is CCOCCCNC(=O)c1cc2sccc2n1CC. The van der Waals surface area contributed by atoms with Gasteiger partial charge in [0.05, 0.1) is 10.2 Å². The molecule has 2 heterocycles. The topological polar surface area (TPSA) is 43.3 Å². The molecule has 0 saturated heterocycles. The van der Waals surface area contributed by atoms with Crippen molar-refractivity contribution >= 4 is 27.5 Å². The van der Waals surface area contributed by atoms with Gasteiger partial charge >= 0.3 is 0 Å². The Morgan fingerprint density at radius 2 is 2.32 bits per heavy atom. The Labute approximate surface area is 117 Å². The number of hydrogen-bond acceptors (Lipinski definition) is 3. The standard InChI is InChI=1S/C14H20N2O2S/c1-3-16-11-6-9-19-13(11)10-12(16)14(17)15-7-5-8-18-4-2/h6,9-10H,3-5,7-8H2,1-2H3,(H,15,17). The van der Waals surface area contributed by atoms with Gasteiger partial charge in [-0.3, -0.25) is 4.79 Å². The van der Waals surface area contributed by atoms with Crippen molar-refractivity contribution < 1.29 is 9.53 Å². The number of nitrogens with one attached hydrogen (secondary N) is 1. The van der Waals surface area contributed by atoms with Crippen LogP contribution in [0.15, 0.2) is 17.5 Å². The Bertz CT molecular complexity index is 545. The van der Waals surface area contributed by atoms with E-state index >= 15 is 0 Å². The molecule has 0 aliphatic rings. The van der Waals surface area contributed by atoms with Gasteiger partial charge < -0.3 is 14.6 Å². The van der Waals surface area contributed by atoms with Crippen LogP contribution >= 0.6 is 11.3 Å². The van der Waals surface area contributed by atoms with Crippen LogP contribution in [0, 0.1) is 0 Å². The number of amides is 1. The summed E-state index contributed by atoms with van der Waals surface area (Å²) in [6.45, 7) is 6.91. The van der Waals surface area contributed by atoms with Crippen LogP contribution in [0.3, 0.4) is 0 Å². The van der Waals surface area contributed by atoms with Crippen LogP contribution in [0.4, 0.5) is 0 Å². The maximum absolute atomic E-state index is 12.2. The lowest BCUT2D eigenvalue weighted by atomic mass is 10.3. The fourth-order valence-corrected chi connectivity index (χ4v) is 2.94. The van der Waals surface area contributed by atoms with E-state index in [1.54, 1.807) is 11.3 Å². The van der Waals surface area contributed by atoms with Gasteiger partial charge in [0, 0.05) is 26.3 Å². The van der Waals surface area contributed by atoms with Crippen molar-refractivity contribution in [1.29, 1.82) is 0 Å². The Morgan fingerprint density at radius 3 is 3.05 bits per heavy atom. The zero-order valence-corrected chi connectivity index (χ0v) is 12.3. The Balaban J connectivity index is 1.98. The normalized spacial score (nSPS) is 11.1. The molecule has 4 nitrogen and oxygen atoms in total. The third-order valence-electron chi connectivity index (χ3n) is 3.03. The molecule has 2 aromatic rings. The lowest BCUT2D eigenvalue weighted by Gasteiger charge is -2.08. The monoisotopic (exact) mass is 280 g/mol. The first-order valence-corrected chi connectivity index (χ1v) is 7.58. The molecule has 0 atom stereocenters. The summed E-state index contributed by atoms with van der Waals surface area (Å²) in [6, 6.07) is 4.04. The number of thiophene rings is 1. The predicted molar refractivity (Wildman–Crippen MR) is 78.9 cm³/mol. The minimum absolute atomic E-state index is 0.00162. The molecule has 2 rings (SSSR count). The molecule has 0 bridgehead atoms. The van der Waals surface area contributed by atoms with E-state index in [4.69, 9.17) is 4.74 Å². The molecule has 5 heteroatoms. The second-order valence-electron chi connectivity index (χ2n) is 4.25. The smallest absolute Gasteiger partial charge is 0.267 e. The number of ether oxygens (including phenoxy) is 1. The van der Waals surface area contributed by atoms with Crippen LogP contribution in [0.25, 0.3) is 10.2 Å². The minimum atomic E-state index is 0.00162. The van der Waals surface area contributed by atoms with Gasteiger partial charge in [-0.05, 0) is 37.8 Å². The van der Waals surface area contributed by atoms with Crippen LogP contribution in [-0.2, 0) is 11.3 Å². The summed E-state index contributed by atoms with van der Waals surface area (Å²) in [5.74, 6) is 0.00162. The van der Waals surface area contributed by atoms with Crippen molar-refractivity contribution in [3.63, 3.8) is 0 Å². The van der Waals surface area contributed by atoms with Crippen molar-refractivity contribution in [2.75, 3.05) is 19.8 Å². The third kappa shape index (κ3) is 3.16. The van der Waals surface area contributed by atoms with Crippen molar-refractivity contribution in [3.05, 3.63) is 23.2 Å². The van der Waals surface area contributed by atoms with Gasteiger partial charge in [0.25, 0.3) is 5.91 Å². The molecule has 0 aliphatic heterocycles. The minimum Gasteiger partial charge on any atom is -0.382 e. The molecule has 0 unspecified atom stereocenters. The Kier molecular flexibility index (Phi) is 4.99. The van der Waals surface area contributed by atoms with Gasteiger partial charge in [0.2, 0.25) is 0 Å². The Morgan fingerprint density at radius 1 is 1.47 bits per heavy atom. The highest BCUT2D eigenvalue weighted by Crippen LogP contribution is 2.25. The second kappa shape index (κ2) is 6.73. The first-order valence-electron chi connectivity index (χ1n) is 6.70. The number of nitrogens with zero attached hydrogens (tertiary/aromatic N) is 1. The molecule has 0 fully saturated rings. The highest BCUT2D eigenvalue weighted by molar-refractivity contribution is 7.17. The average molecular weight is 280 g/mol. The van der Waals surface area contributed by atoms with E-state index in [9.17, 15) is 4.79 Å². The molecule has 2 aromatic heterocycles. The van der Waals surface area contributed by atoms with Crippen molar-refractivity contribution in [2.45, 2.75) is 26.8 Å². The number of aromatic nitrogens is 1. The predicted octanol–water partition coefficient (Wildman–Crippen LogP) is 2.88. The Hall–Kier alpha value is -1.33. The summed E-state index contributed by atoms with van der Waals surface area (Å²) in [5.41, 5.74) is 1.90. The van der Waals surface area contributed by atoms with E-state index in [1.807, 2.05) is 13.0 Å². The van der Waals surface area contributed by atoms with Crippen LogP contribution in [0.2, 0.25) is 0 Å². The average Bonchev–Trinajstić information content (AvgIpc) is 2.97. The lowest BCUT2D eigenvalue weighted by molar-refractivity contribution is 0.0935. The fraction of sp³-hybridized carbons (Fsp3) is 0.500. The quantitative estimate of drug-likeness (QED) is 0.793. The van der Waals surface area contributed by atoms with E-state index in [0.29, 0.717) is 13.2 Å². The number of fused-ring (bicyclic) bond motifs is 1. The van der Waals surface area contributed by atoms with Crippen molar-refractivity contribution in [1.82, 2.24) is 9.88 Å². The largest absolute Gasteiger partial charge is 0.382 e. The third-order valence-corrected chi connectivity index (χ3v) is 3.88. The fourth-order valence-electron chi connectivity index (χ4n) is 2.12. The molecule has 0 spiro atoms. The molecular weight excluding hydrogens is 260 g/mol. The van der Waals surface area contributed by atoms with Gasteiger partial charge in [-0.25, -0.2) is 0 Å². The molecule has 0 saturated carbocycles. The summed E-state index contributed by atoms with van der Waals surface area (Å²) in [7, 11) is 0. The highest BCUT2D eigenvalue weighted by Gasteiger charge is 2.14. The van der Waals surface area contributed by atoms with Crippen LogP contribution in [0.5, 0.6) is 0 Å². The second-order valence-corrected chi connectivity index (χ2v) is 5.20. The first kappa shape index (κ1) is 14.1. The molecule has 0 radical (unpaired) electrons. The van der Waals surface area contributed by atoms with Gasteiger partial charge in [-0.15, -0.1) is 11.3 Å². The van der Waals surface area contributed by atoms with Gasteiger partial charge in [-0.1, -0.05) is 0 Å². The van der Waals surface area contributed by atoms with Gasteiger partial charge in [0.1, 0.15) is 5.69 Å². The number of aryl methyl sites for hydroxylation is 1. The van der Waals surface area contributed by atoms with E-state index in [1.165, 1.54) is 4.70 Å². The number of hydrogen-bond donors (Lipinski definition) is 1. The van der Waals surface area contributed by atoms with E-state index < -0.39 is 0 Å². The molecule has 0 aromatic carbocycles. The summed E-state index contributed by atoms with van der Waals surface area (Å²) >= 11 is 1.67. The zero-order valence-electron chi connectivity index (χ0n) is 11.4. The molecule has 104 valence electrons. The van der Waals surface area contributed by atoms with Crippen LogP contribution in [0.1, 0.15) is 30.8 Å². The van der Waals surface area contributed by atoms with Crippen LogP contribution in [-0.4, -0.2) is 30.2 Å². The van der Waals surface area contributed by atoms with Crippen molar-refractivity contribution in [3.8, 4) is 0 Å².